The van der Waals surface area contributed by atoms with Crippen molar-refractivity contribution in [3.63, 3.8) is 0 Å². The van der Waals surface area contributed by atoms with E-state index in [1.807, 2.05) is 37.3 Å². The fourth-order valence-electron chi connectivity index (χ4n) is 2.86. The molecule has 0 aliphatic heterocycles. The van der Waals surface area contributed by atoms with Gasteiger partial charge in [-0.2, -0.15) is 0 Å². The molecule has 3 aromatic carbocycles. The maximum Gasteiger partial charge on any atom is 0.261 e. The van der Waals surface area contributed by atoms with Gasteiger partial charge in [0, 0.05) is 0 Å². The van der Waals surface area contributed by atoms with Crippen molar-refractivity contribution in [2.45, 2.75) is 24.8 Å². The summed E-state index contributed by atoms with van der Waals surface area (Å²) in [4.78, 5) is 12.7. The number of carbonyl (C=O) groups is 1. The highest BCUT2D eigenvalue weighted by molar-refractivity contribution is 7.92. The van der Waals surface area contributed by atoms with Crippen LogP contribution in [0.3, 0.4) is 0 Å². The predicted molar refractivity (Wildman–Crippen MR) is 111 cm³/mol. The van der Waals surface area contributed by atoms with E-state index in [1.165, 1.54) is 25.1 Å². The van der Waals surface area contributed by atoms with Crippen molar-refractivity contribution in [3.8, 4) is 0 Å². The molecule has 3 rings (SSSR count). The Morgan fingerprint density at radius 1 is 0.966 bits per heavy atom. The highest BCUT2D eigenvalue weighted by Crippen LogP contribution is 2.22. The maximum absolute atomic E-state index is 13.5. The van der Waals surface area contributed by atoms with Gasteiger partial charge in [0.1, 0.15) is 5.82 Å². The number of benzene rings is 3. The van der Waals surface area contributed by atoms with Crippen LogP contribution in [0.4, 0.5) is 10.1 Å². The summed E-state index contributed by atoms with van der Waals surface area (Å²) in [6.45, 7) is 3.34. The van der Waals surface area contributed by atoms with Crippen molar-refractivity contribution in [2.75, 3.05) is 4.72 Å². The molecule has 0 radical (unpaired) electrons. The first-order chi connectivity index (χ1) is 13.8. The van der Waals surface area contributed by atoms with Gasteiger partial charge in [0.25, 0.3) is 15.9 Å². The fraction of sp³-hybridized carbons (Fsp3) is 0.136. The largest absolute Gasteiger partial charge is 0.345 e. The summed E-state index contributed by atoms with van der Waals surface area (Å²) < 4.78 is 41.3. The van der Waals surface area contributed by atoms with Crippen LogP contribution < -0.4 is 10.0 Å². The minimum Gasteiger partial charge on any atom is -0.345 e. The smallest absolute Gasteiger partial charge is 0.261 e. The summed E-state index contributed by atoms with van der Waals surface area (Å²) >= 11 is 0. The van der Waals surface area contributed by atoms with Crippen LogP contribution in [0.15, 0.2) is 77.7 Å². The first-order valence-corrected chi connectivity index (χ1v) is 10.5. The highest BCUT2D eigenvalue weighted by atomic mass is 32.2. The summed E-state index contributed by atoms with van der Waals surface area (Å²) in [5.41, 5.74) is 1.49. The van der Waals surface area contributed by atoms with Crippen LogP contribution in [0.25, 0.3) is 0 Å². The van der Waals surface area contributed by atoms with Crippen LogP contribution in [-0.2, 0) is 10.0 Å². The molecule has 3 aromatic rings. The zero-order chi connectivity index (χ0) is 21.0. The third kappa shape index (κ3) is 4.81. The van der Waals surface area contributed by atoms with Crippen LogP contribution in [-0.4, -0.2) is 14.3 Å². The van der Waals surface area contributed by atoms with Crippen molar-refractivity contribution in [1.82, 2.24) is 5.32 Å². The summed E-state index contributed by atoms with van der Waals surface area (Å²) in [5, 5.41) is 2.87. The van der Waals surface area contributed by atoms with E-state index in [0.717, 1.165) is 11.6 Å². The molecule has 0 saturated carbocycles. The molecule has 0 fully saturated rings. The quantitative estimate of drug-likeness (QED) is 0.629. The molecule has 0 aliphatic carbocycles. The maximum atomic E-state index is 13.5. The van der Waals surface area contributed by atoms with Crippen LogP contribution in [0.1, 0.15) is 34.5 Å². The first kappa shape index (κ1) is 20.5. The molecular formula is C22H21FN2O3S. The lowest BCUT2D eigenvalue weighted by Gasteiger charge is -2.17. The molecule has 7 heteroatoms. The Kier molecular flexibility index (Phi) is 5.98. The predicted octanol–water partition coefficient (Wildman–Crippen LogP) is 4.43. The monoisotopic (exact) mass is 412 g/mol. The Labute approximate surface area is 169 Å². The Morgan fingerprint density at radius 2 is 1.62 bits per heavy atom. The van der Waals surface area contributed by atoms with Crippen molar-refractivity contribution in [2.24, 2.45) is 0 Å². The lowest BCUT2D eigenvalue weighted by molar-refractivity contribution is 0.0941. The molecule has 1 amide bonds. The number of para-hydroxylation sites is 1. The molecule has 0 spiro atoms. The van der Waals surface area contributed by atoms with E-state index in [9.17, 15) is 17.6 Å². The van der Waals surface area contributed by atoms with Gasteiger partial charge in [-0.15, -0.1) is 0 Å². The lowest BCUT2D eigenvalue weighted by atomic mass is 10.1. The number of rotatable bonds is 6. The van der Waals surface area contributed by atoms with Crippen LogP contribution >= 0.6 is 0 Å². The van der Waals surface area contributed by atoms with Crippen molar-refractivity contribution in [1.29, 1.82) is 0 Å². The summed E-state index contributed by atoms with van der Waals surface area (Å²) in [6, 6.07) is 19.1. The van der Waals surface area contributed by atoms with E-state index < -0.39 is 21.7 Å². The number of sulfonamides is 1. The van der Waals surface area contributed by atoms with Gasteiger partial charge in [-0.05, 0) is 55.3 Å². The summed E-state index contributed by atoms with van der Waals surface area (Å²) in [6.07, 6.45) is 0. The minimum atomic E-state index is -3.99. The van der Waals surface area contributed by atoms with E-state index in [0.29, 0.717) is 0 Å². The lowest BCUT2D eigenvalue weighted by Crippen LogP contribution is -2.28. The molecule has 0 heterocycles. The number of hydrogen-bond acceptors (Lipinski definition) is 3. The van der Waals surface area contributed by atoms with Crippen molar-refractivity contribution >= 4 is 21.6 Å². The number of aryl methyl sites for hydroxylation is 1. The minimum absolute atomic E-state index is 0.0794. The molecule has 0 bridgehead atoms. The number of anilines is 1. The zero-order valence-electron chi connectivity index (χ0n) is 16.0. The summed E-state index contributed by atoms with van der Waals surface area (Å²) in [5.74, 6) is -0.895. The van der Waals surface area contributed by atoms with Gasteiger partial charge in [-0.1, -0.05) is 42.5 Å². The highest BCUT2D eigenvalue weighted by Gasteiger charge is 2.20. The standard InChI is InChI=1S/C22H21FN2O3S/c1-15-14-18(12-13-20(15)23)29(27,28)25-21-11-7-6-10-19(21)22(26)24-16(2)17-8-4-3-5-9-17/h3-14,16,25H,1-2H3,(H,24,26)/t16-/m1/s1. The average Bonchev–Trinajstić information content (AvgIpc) is 2.70. The van der Waals surface area contributed by atoms with E-state index >= 15 is 0 Å². The molecule has 0 unspecified atom stereocenters. The number of hydrogen-bond donors (Lipinski definition) is 2. The fourth-order valence-corrected chi connectivity index (χ4v) is 4.02. The van der Waals surface area contributed by atoms with E-state index in [1.54, 1.807) is 18.2 Å². The van der Waals surface area contributed by atoms with Gasteiger partial charge < -0.3 is 5.32 Å². The van der Waals surface area contributed by atoms with E-state index in [-0.39, 0.29) is 27.8 Å². The van der Waals surface area contributed by atoms with Gasteiger partial charge >= 0.3 is 0 Å². The molecule has 29 heavy (non-hydrogen) atoms. The average molecular weight is 412 g/mol. The third-order valence-electron chi connectivity index (χ3n) is 4.50. The zero-order valence-corrected chi connectivity index (χ0v) is 16.8. The number of halogens is 1. The van der Waals surface area contributed by atoms with Crippen LogP contribution in [0.2, 0.25) is 0 Å². The first-order valence-electron chi connectivity index (χ1n) is 9.02. The topological polar surface area (TPSA) is 75.3 Å². The Hall–Kier alpha value is -3.19. The van der Waals surface area contributed by atoms with Gasteiger partial charge in [0.05, 0.1) is 22.2 Å². The van der Waals surface area contributed by atoms with Crippen LogP contribution in [0, 0.1) is 12.7 Å². The van der Waals surface area contributed by atoms with Crippen molar-refractivity contribution < 1.29 is 17.6 Å². The second kappa shape index (κ2) is 8.45. The molecule has 1 atom stereocenters. The van der Waals surface area contributed by atoms with Gasteiger partial charge in [-0.3, -0.25) is 9.52 Å². The molecule has 0 aliphatic rings. The third-order valence-corrected chi connectivity index (χ3v) is 5.87. The van der Waals surface area contributed by atoms with Crippen LogP contribution in [0.5, 0.6) is 0 Å². The van der Waals surface area contributed by atoms with E-state index in [4.69, 9.17) is 0 Å². The number of amides is 1. The molecular weight excluding hydrogens is 391 g/mol. The second-order valence-electron chi connectivity index (χ2n) is 6.67. The number of carbonyl (C=O) groups excluding carboxylic acids is 1. The molecule has 0 aromatic heterocycles. The van der Waals surface area contributed by atoms with E-state index in [2.05, 4.69) is 10.0 Å². The Morgan fingerprint density at radius 3 is 2.31 bits per heavy atom. The Bertz CT molecular complexity index is 1130. The normalized spacial score (nSPS) is 12.2. The molecule has 2 N–H and O–H groups in total. The van der Waals surface area contributed by atoms with Gasteiger partial charge in [0.2, 0.25) is 0 Å². The number of nitrogens with one attached hydrogen (secondary N) is 2. The summed E-state index contributed by atoms with van der Waals surface area (Å²) in [7, 11) is -3.99. The van der Waals surface area contributed by atoms with Crippen molar-refractivity contribution in [3.05, 3.63) is 95.3 Å². The molecule has 5 nitrogen and oxygen atoms in total. The molecule has 150 valence electrons. The second-order valence-corrected chi connectivity index (χ2v) is 8.35. The molecule has 0 saturated heterocycles. The SMILES string of the molecule is Cc1cc(S(=O)(=O)Nc2ccccc2C(=O)N[C@H](C)c2ccccc2)ccc1F. The Balaban J connectivity index is 1.85. The van der Waals surface area contributed by atoms with Gasteiger partial charge in [0.15, 0.2) is 0 Å². The van der Waals surface area contributed by atoms with Gasteiger partial charge in [-0.25, -0.2) is 12.8 Å².